The summed E-state index contributed by atoms with van der Waals surface area (Å²) in [5.74, 6) is 1.07. The lowest BCUT2D eigenvalue weighted by Gasteiger charge is -2.39. The largest absolute Gasteiger partial charge is 0.299 e. The minimum atomic E-state index is 0.273. The molecule has 0 aromatic rings. The maximum absolute atomic E-state index is 9.37. The van der Waals surface area contributed by atoms with Gasteiger partial charge in [-0.1, -0.05) is 33.6 Å². The van der Waals surface area contributed by atoms with E-state index in [1.54, 1.807) is 0 Å². The van der Waals surface area contributed by atoms with Crippen molar-refractivity contribution in [3.63, 3.8) is 0 Å². The summed E-state index contributed by atoms with van der Waals surface area (Å²) in [6.07, 6.45) is 8.62. The van der Waals surface area contributed by atoms with E-state index in [4.69, 9.17) is 0 Å². The molecule has 2 nitrogen and oxygen atoms in total. The van der Waals surface area contributed by atoms with Gasteiger partial charge < -0.3 is 0 Å². The molecule has 0 aromatic carbocycles. The summed E-state index contributed by atoms with van der Waals surface area (Å²) < 4.78 is 0. The summed E-state index contributed by atoms with van der Waals surface area (Å²) in [7, 11) is 0. The summed E-state index contributed by atoms with van der Waals surface area (Å²) in [5, 5.41) is 9.37. The molecule has 0 bridgehead atoms. The van der Waals surface area contributed by atoms with E-state index in [9.17, 15) is 5.26 Å². The lowest BCUT2D eigenvalue weighted by Crippen LogP contribution is -2.44. The molecule has 0 saturated heterocycles. The van der Waals surface area contributed by atoms with Gasteiger partial charge in [0.1, 0.15) is 0 Å². The van der Waals surface area contributed by atoms with Crippen LogP contribution in [0.5, 0.6) is 0 Å². The highest BCUT2D eigenvalue weighted by atomic mass is 15.2. The van der Waals surface area contributed by atoms with E-state index >= 15 is 0 Å². The lowest BCUT2D eigenvalue weighted by molar-refractivity contribution is 0.102. The van der Waals surface area contributed by atoms with Crippen LogP contribution in [0.15, 0.2) is 0 Å². The first-order valence-corrected chi connectivity index (χ1v) is 7.86. The fourth-order valence-corrected chi connectivity index (χ4v) is 3.07. The van der Waals surface area contributed by atoms with Gasteiger partial charge in [0.2, 0.25) is 0 Å². The number of nitrogens with zero attached hydrogens (tertiary/aromatic N) is 2. The molecule has 0 heterocycles. The molecule has 0 N–H and O–H groups in total. The van der Waals surface area contributed by atoms with Gasteiger partial charge in [0.05, 0.1) is 12.0 Å². The van der Waals surface area contributed by atoms with Crippen LogP contribution in [0.3, 0.4) is 0 Å². The molecule has 0 aromatic heterocycles. The van der Waals surface area contributed by atoms with Crippen molar-refractivity contribution in [2.75, 3.05) is 13.1 Å². The smallest absolute Gasteiger partial charge is 0.0672 e. The van der Waals surface area contributed by atoms with Crippen molar-refractivity contribution < 1.29 is 0 Å². The minimum absolute atomic E-state index is 0.273. The van der Waals surface area contributed by atoms with Crippen LogP contribution in [0.2, 0.25) is 0 Å². The molecule has 3 atom stereocenters. The first kappa shape index (κ1) is 15.5. The van der Waals surface area contributed by atoms with Crippen LogP contribution in [0.25, 0.3) is 0 Å². The van der Waals surface area contributed by atoms with Crippen LogP contribution in [-0.4, -0.2) is 24.0 Å². The Labute approximate surface area is 113 Å². The van der Waals surface area contributed by atoms with Gasteiger partial charge in [0.15, 0.2) is 0 Å². The van der Waals surface area contributed by atoms with Gasteiger partial charge in [0, 0.05) is 6.04 Å². The molecule has 18 heavy (non-hydrogen) atoms. The average Bonchev–Trinajstić information content (AvgIpc) is 2.39. The second-order valence-electron chi connectivity index (χ2n) is 5.96. The normalized spacial score (nSPS) is 28.3. The third-order valence-electron chi connectivity index (χ3n) is 4.31. The van der Waals surface area contributed by atoms with Gasteiger partial charge in [-0.3, -0.25) is 4.90 Å². The molecule has 0 aliphatic heterocycles. The topological polar surface area (TPSA) is 27.0 Å². The molecule has 1 fully saturated rings. The lowest BCUT2D eigenvalue weighted by atomic mass is 9.79. The first-order valence-electron chi connectivity index (χ1n) is 7.86. The molecule has 1 aliphatic rings. The van der Waals surface area contributed by atoms with Crippen LogP contribution in [0, 0.1) is 23.2 Å². The molecule has 0 radical (unpaired) electrons. The van der Waals surface area contributed by atoms with Crippen LogP contribution in [0.1, 0.15) is 65.7 Å². The first-order chi connectivity index (χ1) is 8.72. The SMILES string of the molecule is CCCCN(CCCC)C1CC(C)CCC1C#N. The van der Waals surface area contributed by atoms with Crippen molar-refractivity contribution in [1.29, 1.82) is 5.26 Å². The van der Waals surface area contributed by atoms with E-state index in [1.165, 1.54) is 51.6 Å². The van der Waals surface area contributed by atoms with Gasteiger partial charge in [-0.25, -0.2) is 0 Å². The summed E-state index contributed by atoms with van der Waals surface area (Å²) in [4.78, 5) is 2.62. The summed E-state index contributed by atoms with van der Waals surface area (Å²) in [5.41, 5.74) is 0. The highest BCUT2D eigenvalue weighted by molar-refractivity contribution is 4.97. The zero-order valence-corrected chi connectivity index (χ0v) is 12.5. The molecule has 1 aliphatic carbocycles. The van der Waals surface area contributed by atoms with Gasteiger partial charge in [0.25, 0.3) is 0 Å². The summed E-state index contributed by atoms with van der Waals surface area (Å²) in [6, 6.07) is 3.09. The second-order valence-corrected chi connectivity index (χ2v) is 5.96. The molecule has 3 unspecified atom stereocenters. The number of hydrogen-bond acceptors (Lipinski definition) is 2. The van der Waals surface area contributed by atoms with E-state index in [-0.39, 0.29) is 5.92 Å². The van der Waals surface area contributed by atoms with E-state index in [2.05, 4.69) is 31.7 Å². The average molecular weight is 250 g/mol. The number of hydrogen-bond donors (Lipinski definition) is 0. The standard InChI is InChI=1S/C16H30N2/c1-4-6-10-18(11-7-5-2)16-12-14(3)8-9-15(16)13-17/h14-16H,4-12H2,1-3H3. The molecule has 104 valence electrons. The maximum atomic E-state index is 9.37. The minimum Gasteiger partial charge on any atom is -0.299 e. The highest BCUT2D eigenvalue weighted by Crippen LogP contribution is 2.32. The van der Waals surface area contributed by atoms with E-state index in [0.29, 0.717) is 6.04 Å². The molecule has 1 rings (SSSR count). The summed E-state index contributed by atoms with van der Waals surface area (Å²) in [6.45, 7) is 9.23. The van der Waals surface area contributed by atoms with Crippen molar-refractivity contribution in [1.82, 2.24) is 4.90 Å². The van der Waals surface area contributed by atoms with Crippen molar-refractivity contribution in [2.24, 2.45) is 11.8 Å². The van der Waals surface area contributed by atoms with Crippen molar-refractivity contribution in [2.45, 2.75) is 71.8 Å². The maximum Gasteiger partial charge on any atom is 0.0672 e. The molecular weight excluding hydrogens is 220 g/mol. The second kappa shape index (κ2) is 8.53. The zero-order valence-electron chi connectivity index (χ0n) is 12.5. The fraction of sp³-hybridized carbons (Fsp3) is 0.938. The van der Waals surface area contributed by atoms with Crippen LogP contribution < -0.4 is 0 Å². The Morgan fingerprint density at radius 2 is 1.72 bits per heavy atom. The molecule has 0 amide bonds. The van der Waals surface area contributed by atoms with Crippen molar-refractivity contribution >= 4 is 0 Å². The number of rotatable bonds is 7. The molecular formula is C16H30N2. The van der Waals surface area contributed by atoms with Gasteiger partial charge in [-0.05, 0) is 51.1 Å². The van der Waals surface area contributed by atoms with Gasteiger partial charge >= 0.3 is 0 Å². The zero-order chi connectivity index (χ0) is 13.4. The van der Waals surface area contributed by atoms with E-state index in [1.807, 2.05) is 0 Å². The summed E-state index contributed by atoms with van der Waals surface area (Å²) >= 11 is 0. The Bertz CT molecular complexity index is 248. The molecule has 1 saturated carbocycles. The molecule has 2 heteroatoms. The predicted octanol–water partition coefficient (Wildman–Crippen LogP) is 4.22. The third-order valence-corrected chi connectivity index (χ3v) is 4.31. The van der Waals surface area contributed by atoms with Gasteiger partial charge in [-0.2, -0.15) is 5.26 Å². The predicted molar refractivity (Wildman–Crippen MR) is 77.3 cm³/mol. The highest BCUT2D eigenvalue weighted by Gasteiger charge is 2.32. The Morgan fingerprint density at radius 1 is 1.11 bits per heavy atom. The Balaban J connectivity index is 2.63. The third kappa shape index (κ3) is 4.61. The fourth-order valence-electron chi connectivity index (χ4n) is 3.07. The van der Waals surface area contributed by atoms with Crippen molar-refractivity contribution in [3.05, 3.63) is 0 Å². The Kier molecular flexibility index (Phi) is 7.35. The quantitative estimate of drug-likeness (QED) is 0.676. The molecule has 0 spiro atoms. The van der Waals surface area contributed by atoms with Crippen LogP contribution in [0.4, 0.5) is 0 Å². The Morgan fingerprint density at radius 3 is 2.22 bits per heavy atom. The van der Waals surface area contributed by atoms with E-state index < -0.39 is 0 Å². The van der Waals surface area contributed by atoms with Gasteiger partial charge in [-0.15, -0.1) is 0 Å². The van der Waals surface area contributed by atoms with E-state index in [0.717, 1.165) is 12.3 Å². The van der Waals surface area contributed by atoms with Crippen LogP contribution in [-0.2, 0) is 0 Å². The Hall–Kier alpha value is -0.550. The van der Waals surface area contributed by atoms with Crippen molar-refractivity contribution in [3.8, 4) is 6.07 Å². The number of nitriles is 1. The van der Waals surface area contributed by atoms with Crippen LogP contribution >= 0.6 is 0 Å². The number of unbranched alkanes of at least 4 members (excludes halogenated alkanes) is 2. The monoisotopic (exact) mass is 250 g/mol.